The van der Waals surface area contributed by atoms with Crippen molar-refractivity contribution in [1.29, 1.82) is 0 Å². The van der Waals surface area contributed by atoms with Gasteiger partial charge in [0.05, 0.1) is 13.2 Å². The first kappa shape index (κ1) is 14.8. The Bertz CT molecular complexity index is 150. The van der Waals surface area contributed by atoms with Gasteiger partial charge in [-0.15, -0.1) is 0 Å². The number of ether oxygens (including phenoxy) is 3. The van der Waals surface area contributed by atoms with Crippen LogP contribution >= 0.6 is 0 Å². The summed E-state index contributed by atoms with van der Waals surface area (Å²) in [7, 11) is 4.18. The normalized spacial score (nSPS) is 19.6. The summed E-state index contributed by atoms with van der Waals surface area (Å²) in [5.74, 6) is 0. The minimum Gasteiger partial charge on any atom is -0.394 e. The van der Waals surface area contributed by atoms with Crippen molar-refractivity contribution in [3.63, 3.8) is 0 Å². The van der Waals surface area contributed by atoms with Crippen LogP contribution in [0.3, 0.4) is 0 Å². The van der Waals surface area contributed by atoms with Gasteiger partial charge in [-0.05, 0) is 0 Å². The summed E-state index contributed by atoms with van der Waals surface area (Å²) >= 11 is 0. The van der Waals surface area contributed by atoms with E-state index in [-0.39, 0.29) is 13.2 Å². The van der Waals surface area contributed by atoms with Crippen molar-refractivity contribution in [2.24, 2.45) is 0 Å². The molecule has 0 amide bonds. The smallest absolute Gasteiger partial charge is 0.114 e. The van der Waals surface area contributed by atoms with Gasteiger partial charge in [0.2, 0.25) is 0 Å². The van der Waals surface area contributed by atoms with Gasteiger partial charge in [-0.1, -0.05) is 0 Å². The molecular weight excluding hydrogens is 204 g/mol. The summed E-state index contributed by atoms with van der Waals surface area (Å²) in [5.41, 5.74) is 0. The average molecular weight is 224 g/mol. The number of hydrogen-bond acceptors (Lipinski definition) is 6. The van der Waals surface area contributed by atoms with Gasteiger partial charge in [0, 0.05) is 21.3 Å². The zero-order valence-corrected chi connectivity index (χ0v) is 9.29. The Morgan fingerprint density at radius 3 is 2.00 bits per heavy atom. The average Bonchev–Trinajstić information content (AvgIpc) is 2.25. The van der Waals surface area contributed by atoms with E-state index in [0.717, 1.165) is 0 Å². The molecule has 92 valence electrons. The molecule has 0 heterocycles. The molecule has 0 saturated carbocycles. The Morgan fingerprint density at radius 1 is 1.07 bits per heavy atom. The predicted molar refractivity (Wildman–Crippen MR) is 52.6 cm³/mol. The standard InChI is InChI=1S/C9H20O6/c1-13-5-6(11)8(12)9(15-3)7(4-10)14-2/h6-12H,4-5H2,1-3H3/t6-,7+,8+,9-/m1/s1. The lowest BCUT2D eigenvalue weighted by Gasteiger charge is -2.30. The second-order valence-electron chi connectivity index (χ2n) is 3.17. The molecule has 4 atom stereocenters. The molecule has 0 aliphatic carbocycles. The summed E-state index contributed by atoms with van der Waals surface area (Å²) in [6.45, 7) is -0.311. The third-order valence-corrected chi connectivity index (χ3v) is 2.19. The molecule has 0 aromatic heterocycles. The SMILES string of the molecule is COC[C@@H](O)[C@H](O)[C@H](OC)[C@H](CO)OC. The van der Waals surface area contributed by atoms with E-state index in [1.165, 1.54) is 21.3 Å². The van der Waals surface area contributed by atoms with Crippen molar-refractivity contribution >= 4 is 0 Å². The molecule has 0 unspecified atom stereocenters. The highest BCUT2D eigenvalue weighted by Crippen LogP contribution is 2.11. The van der Waals surface area contributed by atoms with Gasteiger partial charge in [0.25, 0.3) is 0 Å². The van der Waals surface area contributed by atoms with E-state index < -0.39 is 24.4 Å². The maximum atomic E-state index is 9.70. The Balaban J connectivity index is 4.36. The highest BCUT2D eigenvalue weighted by Gasteiger charge is 2.32. The van der Waals surface area contributed by atoms with Crippen LogP contribution in [0.2, 0.25) is 0 Å². The summed E-state index contributed by atoms with van der Waals surface area (Å²) in [4.78, 5) is 0. The Morgan fingerprint density at radius 2 is 1.67 bits per heavy atom. The van der Waals surface area contributed by atoms with E-state index in [0.29, 0.717) is 0 Å². The van der Waals surface area contributed by atoms with E-state index in [2.05, 4.69) is 0 Å². The van der Waals surface area contributed by atoms with Gasteiger partial charge in [0.15, 0.2) is 0 Å². The second kappa shape index (κ2) is 7.98. The van der Waals surface area contributed by atoms with Gasteiger partial charge in [-0.3, -0.25) is 0 Å². The van der Waals surface area contributed by atoms with Gasteiger partial charge in [-0.2, -0.15) is 0 Å². The Hall–Kier alpha value is -0.240. The molecule has 0 saturated heterocycles. The zero-order chi connectivity index (χ0) is 11.8. The molecule has 0 aromatic carbocycles. The Labute approximate surface area is 89.4 Å². The maximum Gasteiger partial charge on any atom is 0.114 e. The van der Waals surface area contributed by atoms with E-state index in [1.54, 1.807) is 0 Å². The zero-order valence-electron chi connectivity index (χ0n) is 9.29. The van der Waals surface area contributed by atoms with Gasteiger partial charge < -0.3 is 29.5 Å². The van der Waals surface area contributed by atoms with Crippen molar-refractivity contribution in [2.75, 3.05) is 34.5 Å². The maximum absolute atomic E-state index is 9.70. The van der Waals surface area contributed by atoms with Gasteiger partial charge >= 0.3 is 0 Å². The molecule has 3 N–H and O–H groups in total. The topological polar surface area (TPSA) is 88.4 Å². The van der Waals surface area contributed by atoms with Crippen LogP contribution in [0, 0.1) is 0 Å². The van der Waals surface area contributed by atoms with Crippen LogP contribution < -0.4 is 0 Å². The van der Waals surface area contributed by atoms with Gasteiger partial charge in [0.1, 0.15) is 24.4 Å². The highest BCUT2D eigenvalue weighted by molar-refractivity contribution is 4.82. The van der Waals surface area contributed by atoms with Crippen LogP contribution in [0.15, 0.2) is 0 Å². The molecule has 0 rings (SSSR count). The number of aliphatic hydroxyl groups is 3. The molecule has 0 fully saturated rings. The lowest BCUT2D eigenvalue weighted by atomic mass is 10.0. The summed E-state index contributed by atoms with van der Waals surface area (Å²) < 4.78 is 14.6. The van der Waals surface area contributed by atoms with E-state index in [4.69, 9.17) is 19.3 Å². The lowest BCUT2D eigenvalue weighted by molar-refractivity contribution is -0.147. The fourth-order valence-corrected chi connectivity index (χ4v) is 1.31. The van der Waals surface area contributed by atoms with E-state index in [1.807, 2.05) is 0 Å². The molecule has 15 heavy (non-hydrogen) atoms. The highest BCUT2D eigenvalue weighted by atomic mass is 16.5. The molecule has 0 radical (unpaired) electrons. The third-order valence-electron chi connectivity index (χ3n) is 2.19. The quantitative estimate of drug-likeness (QED) is 0.459. The van der Waals surface area contributed by atoms with E-state index in [9.17, 15) is 10.2 Å². The summed E-state index contributed by atoms with van der Waals surface area (Å²) in [6, 6.07) is 0. The van der Waals surface area contributed by atoms with Crippen LogP contribution in [-0.4, -0.2) is 74.3 Å². The number of aliphatic hydroxyl groups excluding tert-OH is 3. The Kier molecular flexibility index (Phi) is 7.85. The first-order chi connectivity index (χ1) is 7.12. The van der Waals surface area contributed by atoms with Crippen molar-refractivity contribution < 1.29 is 29.5 Å². The fraction of sp³-hybridized carbons (Fsp3) is 1.00. The van der Waals surface area contributed by atoms with Crippen LogP contribution in [0.5, 0.6) is 0 Å². The minimum absolute atomic E-state index is 0.0110. The fourth-order valence-electron chi connectivity index (χ4n) is 1.31. The molecular formula is C9H20O6. The van der Waals surface area contributed by atoms with Gasteiger partial charge in [-0.25, -0.2) is 0 Å². The van der Waals surface area contributed by atoms with Crippen molar-refractivity contribution in [1.82, 2.24) is 0 Å². The molecule has 6 nitrogen and oxygen atoms in total. The molecule has 6 heteroatoms. The molecule has 0 spiro atoms. The summed E-state index contributed by atoms with van der Waals surface area (Å²) in [6.07, 6.45) is -3.74. The largest absolute Gasteiger partial charge is 0.394 e. The number of methoxy groups -OCH3 is 3. The number of hydrogen-bond donors (Lipinski definition) is 3. The van der Waals surface area contributed by atoms with Crippen molar-refractivity contribution in [2.45, 2.75) is 24.4 Å². The van der Waals surface area contributed by atoms with Crippen molar-refractivity contribution in [3.05, 3.63) is 0 Å². The number of rotatable bonds is 8. The third kappa shape index (κ3) is 4.42. The van der Waals surface area contributed by atoms with Crippen LogP contribution in [0.1, 0.15) is 0 Å². The first-order valence-electron chi connectivity index (χ1n) is 4.63. The van der Waals surface area contributed by atoms with Crippen LogP contribution in [0.25, 0.3) is 0 Å². The summed E-state index contributed by atoms with van der Waals surface area (Å²) in [5, 5.41) is 28.1. The molecule has 0 aliphatic rings. The molecule has 0 bridgehead atoms. The minimum atomic E-state index is -1.17. The first-order valence-corrected chi connectivity index (χ1v) is 4.63. The molecule has 0 aromatic rings. The monoisotopic (exact) mass is 224 g/mol. The van der Waals surface area contributed by atoms with Crippen LogP contribution in [-0.2, 0) is 14.2 Å². The lowest BCUT2D eigenvalue weighted by Crippen LogP contribution is -2.49. The second-order valence-corrected chi connectivity index (χ2v) is 3.17. The van der Waals surface area contributed by atoms with Crippen molar-refractivity contribution in [3.8, 4) is 0 Å². The molecule has 0 aliphatic heterocycles. The van der Waals surface area contributed by atoms with E-state index >= 15 is 0 Å². The predicted octanol–water partition coefficient (Wildman–Crippen LogP) is -1.62. The van der Waals surface area contributed by atoms with Crippen LogP contribution in [0.4, 0.5) is 0 Å².